The van der Waals surface area contributed by atoms with Crippen LogP contribution in [-0.2, 0) is 16.0 Å². The second-order valence-electron chi connectivity index (χ2n) is 9.76. The third-order valence-electron chi connectivity index (χ3n) is 7.38. The molecule has 0 aliphatic carbocycles. The molecule has 32 heavy (non-hydrogen) atoms. The first-order valence-corrected chi connectivity index (χ1v) is 12.1. The number of amides is 4. The summed E-state index contributed by atoms with van der Waals surface area (Å²) in [6, 6.07) is 7.86. The molecule has 4 rings (SSSR count). The maximum Gasteiger partial charge on any atom is 0.325 e. The molecule has 1 aromatic carbocycles. The number of benzene rings is 1. The van der Waals surface area contributed by atoms with E-state index in [1.807, 2.05) is 36.1 Å². The molecular weight excluding hydrogens is 404 g/mol. The van der Waals surface area contributed by atoms with Gasteiger partial charge in [-0.1, -0.05) is 36.8 Å². The van der Waals surface area contributed by atoms with Gasteiger partial charge in [0.1, 0.15) is 5.54 Å². The number of nitrogens with zero attached hydrogens (tertiary/aromatic N) is 3. The lowest BCUT2D eigenvalue weighted by molar-refractivity contribution is -0.135. The summed E-state index contributed by atoms with van der Waals surface area (Å²) in [7, 11) is 0. The lowest BCUT2D eigenvalue weighted by Gasteiger charge is -2.37. The average Bonchev–Trinajstić information content (AvgIpc) is 3.01. The first kappa shape index (κ1) is 22.8. The Bertz CT molecular complexity index is 837. The molecule has 0 saturated carbocycles. The number of hydrogen-bond acceptors (Lipinski definition) is 4. The van der Waals surface area contributed by atoms with E-state index in [-0.39, 0.29) is 23.8 Å². The highest BCUT2D eigenvalue weighted by atomic mass is 16.2. The third kappa shape index (κ3) is 4.82. The van der Waals surface area contributed by atoms with Gasteiger partial charge >= 0.3 is 6.03 Å². The van der Waals surface area contributed by atoms with Crippen LogP contribution in [0.3, 0.4) is 0 Å². The third-order valence-corrected chi connectivity index (χ3v) is 7.38. The predicted molar refractivity (Wildman–Crippen MR) is 123 cm³/mol. The molecule has 3 fully saturated rings. The molecule has 3 heterocycles. The Hall–Kier alpha value is -2.41. The Labute approximate surface area is 191 Å². The molecule has 1 spiro atoms. The molecule has 1 N–H and O–H groups in total. The van der Waals surface area contributed by atoms with Gasteiger partial charge in [0, 0.05) is 32.7 Å². The van der Waals surface area contributed by atoms with Crippen molar-refractivity contribution in [2.24, 2.45) is 5.92 Å². The van der Waals surface area contributed by atoms with Crippen LogP contribution in [0, 0.1) is 12.8 Å². The molecule has 0 atom stereocenters. The van der Waals surface area contributed by atoms with Crippen molar-refractivity contribution < 1.29 is 14.4 Å². The van der Waals surface area contributed by atoms with Crippen molar-refractivity contribution >= 4 is 17.8 Å². The zero-order valence-electron chi connectivity index (χ0n) is 19.4. The number of imide groups is 1. The van der Waals surface area contributed by atoms with Crippen LogP contribution in [0.2, 0.25) is 0 Å². The molecular formula is C25H36N4O3. The second kappa shape index (κ2) is 9.61. The Morgan fingerprint density at radius 3 is 2.34 bits per heavy atom. The molecule has 3 aliphatic rings. The van der Waals surface area contributed by atoms with Gasteiger partial charge in [-0.05, 0) is 57.1 Å². The number of nitrogens with one attached hydrogen (secondary N) is 1. The standard InChI is InChI=1S/C25H36N4O3/c1-3-12-27-15-10-25(11-16-27)23(31)29(24(32)26-25)18-21-8-13-28(14-9-21)22(30)17-20-6-4-19(2)5-7-20/h4-7,21H,3,8-18H2,1-2H3,(H,26,32). The summed E-state index contributed by atoms with van der Waals surface area (Å²) in [5.41, 5.74) is 1.53. The number of urea groups is 1. The zero-order chi connectivity index (χ0) is 22.7. The van der Waals surface area contributed by atoms with Crippen LogP contribution in [0.15, 0.2) is 24.3 Å². The van der Waals surface area contributed by atoms with Crippen molar-refractivity contribution in [2.45, 2.75) is 57.9 Å². The lowest BCUT2D eigenvalue weighted by atomic mass is 9.87. The van der Waals surface area contributed by atoms with E-state index in [0.717, 1.165) is 44.5 Å². The number of carbonyl (C=O) groups excluding carboxylic acids is 3. The van der Waals surface area contributed by atoms with Gasteiger partial charge in [0.05, 0.1) is 6.42 Å². The molecule has 0 unspecified atom stereocenters. The van der Waals surface area contributed by atoms with Crippen LogP contribution in [-0.4, -0.2) is 77.4 Å². The molecule has 7 nitrogen and oxygen atoms in total. The van der Waals surface area contributed by atoms with Gasteiger partial charge in [-0.15, -0.1) is 0 Å². The number of hydrogen-bond donors (Lipinski definition) is 1. The predicted octanol–water partition coefficient (Wildman–Crippen LogP) is 2.57. The molecule has 0 radical (unpaired) electrons. The van der Waals surface area contributed by atoms with Gasteiger partial charge in [0.25, 0.3) is 5.91 Å². The maximum atomic E-state index is 13.2. The minimum Gasteiger partial charge on any atom is -0.342 e. The second-order valence-corrected chi connectivity index (χ2v) is 9.76. The van der Waals surface area contributed by atoms with Crippen molar-refractivity contribution in [3.63, 3.8) is 0 Å². The zero-order valence-corrected chi connectivity index (χ0v) is 19.4. The van der Waals surface area contributed by atoms with Crippen LogP contribution in [0.4, 0.5) is 4.79 Å². The topological polar surface area (TPSA) is 73.0 Å². The number of carbonyl (C=O) groups is 3. The van der Waals surface area contributed by atoms with Crippen LogP contribution >= 0.6 is 0 Å². The fourth-order valence-corrected chi connectivity index (χ4v) is 5.27. The van der Waals surface area contributed by atoms with E-state index in [1.54, 1.807) is 0 Å². The van der Waals surface area contributed by atoms with Gasteiger partial charge in [-0.3, -0.25) is 14.5 Å². The summed E-state index contributed by atoms with van der Waals surface area (Å²) >= 11 is 0. The first-order chi connectivity index (χ1) is 15.4. The number of piperidine rings is 2. The van der Waals surface area contributed by atoms with Gasteiger partial charge in [0.2, 0.25) is 5.91 Å². The van der Waals surface area contributed by atoms with Crippen molar-refractivity contribution in [1.29, 1.82) is 0 Å². The number of rotatable bonds is 6. The fraction of sp³-hybridized carbons (Fsp3) is 0.640. The minimum absolute atomic E-state index is 0.0449. The monoisotopic (exact) mass is 440 g/mol. The minimum atomic E-state index is -0.702. The molecule has 3 aliphatic heterocycles. The van der Waals surface area contributed by atoms with E-state index in [0.29, 0.717) is 38.9 Å². The summed E-state index contributed by atoms with van der Waals surface area (Å²) in [5.74, 6) is 0.361. The summed E-state index contributed by atoms with van der Waals surface area (Å²) in [6.07, 6.45) is 4.57. The Kier molecular flexibility index (Phi) is 6.84. The molecule has 1 aromatic rings. The van der Waals surface area contributed by atoms with Crippen LogP contribution in [0.1, 0.15) is 50.2 Å². The van der Waals surface area contributed by atoms with Gasteiger partial charge < -0.3 is 15.1 Å². The van der Waals surface area contributed by atoms with Crippen LogP contribution in [0.25, 0.3) is 0 Å². The highest BCUT2D eigenvalue weighted by Gasteiger charge is 2.52. The highest BCUT2D eigenvalue weighted by Crippen LogP contribution is 2.31. The Morgan fingerprint density at radius 2 is 1.72 bits per heavy atom. The lowest BCUT2D eigenvalue weighted by Crippen LogP contribution is -2.55. The number of aryl methyl sites for hydroxylation is 1. The van der Waals surface area contributed by atoms with Crippen molar-refractivity contribution in [2.75, 3.05) is 39.3 Å². The summed E-state index contributed by atoms with van der Waals surface area (Å²) < 4.78 is 0. The largest absolute Gasteiger partial charge is 0.342 e. The molecule has 4 amide bonds. The van der Waals surface area contributed by atoms with Gasteiger partial charge in [-0.2, -0.15) is 0 Å². The van der Waals surface area contributed by atoms with Gasteiger partial charge in [0.15, 0.2) is 0 Å². The van der Waals surface area contributed by atoms with Gasteiger partial charge in [-0.25, -0.2) is 4.79 Å². The molecule has 0 aromatic heterocycles. The summed E-state index contributed by atoms with van der Waals surface area (Å²) in [5, 5.41) is 3.03. The molecule has 7 heteroatoms. The quantitative estimate of drug-likeness (QED) is 0.690. The Morgan fingerprint density at radius 1 is 1.06 bits per heavy atom. The normalized spacial score (nSPS) is 21.9. The molecule has 174 valence electrons. The number of likely N-dealkylation sites (tertiary alicyclic amines) is 2. The average molecular weight is 441 g/mol. The Balaban J connectivity index is 1.27. The van der Waals surface area contributed by atoms with Crippen LogP contribution < -0.4 is 5.32 Å². The van der Waals surface area contributed by atoms with E-state index in [4.69, 9.17) is 0 Å². The maximum absolute atomic E-state index is 13.2. The SMILES string of the molecule is CCCN1CCC2(CC1)NC(=O)N(CC1CCN(C(=O)Cc3ccc(C)cc3)CC1)C2=O. The van der Waals surface area contributed by atoms with E-state index < -0.39 is 5.54 Å². The van der Waals surface area contributed by atoms with Crippen LogP contribution in [0.5, 0.6) is 0 Å². The summed E-state index contributed by atoms with van der Waals surface area (Å²) in [4.78, 5) is 44.3. The highest BCUT2D eigenvalue weighted by molar-refractivity contribution is 6.07. The van der Waals surface area contributed by atoms with Crippen molar-refractivity contribution in [1.82, 2.24) is 20.0 Å². The van der Waals surface area contributed by atoms with E-state index in [9.17, 15) is 14.4 Å². The van der Waals surface area contributed by atoms with Crippen molar-refractivity contribution in [3.8, 4) is 0 Å². The smallest absolute Gasteiger partial charge is 0.325 e. The van der Waals surface area contributed by atoms with E-state index in [2.05, 4.69) is 17.1 Å². The fourth-order valence-electron chi connectivity index (χ4n) is 5.27. The molecule has 0 bridgehead atoms. The molecule has 3 saturated heterocycles. The summed E-state index contributed by atoms with van der Waals surface area (Å²) in [6.45, 7) is 8.81. The van der Waals surface area contributed by atoms with Crippen molar-refractivity contribution in [3.05, 3.63) is 35.4 Å². The van der Waals surface area contributed by atoms with E-state index >= 15 is 0 Å². The van der Waals surface area contributed by atoms with E-state index in [1.165, 1.54) is 10.5 Å². The first-order valence-electron chi connectivity index (χ1n) is 12.1.